The van der Waals surface area contributed by atoms with Crippen LogP contribution < -0.4 is 4.74 Å². The smallest absolute Gasteiger partial charge is 0.135 e. The molecular weight excluding hydrogens is 556 g/mol. The maximum atomic E-state index is 10.3. The van der Waals surface area contributed by atoms with Crippen LogP contribution in [0.5, 0.6) is 11.5 Å². The van der Waals surface area contributed by atoms with Gasteiger partial charge in [-0.05, 0) is 96.4 Å². The van der Waals surface area contributed by atoms with Gasteiger partial charge in [0.1, 0.15) is 11.5 Å². The monoisotopic (exact) mass is 611 g/mol. The predicted octanol–water partition coefficient (Wildman–Crippen LogP) is 11.8. The van der Waals surface area contributed by atoms with Gasteiger partial charge in [0.25, 0.3) is 0 Å². The SMILES string of the molecule is [2H]c1c([2H])c([2H])c(C2(c3cc([2H])c4c([2H])c([2H])c([2H])c([2H])c4c3[2H])c3c([2H])c([2H])c([2H])c([2H])c3-c3c([2H])c([2H])c(-c4c([2H])c([2H])c5c(c4[2H])-c4c([2H])c([2H])c([2H])c6c([2H])c([2H])c([2H])c(c46)O5)c([2H])c32)c([2H])c1[2H]. The summed E-state index contributed by atoms with van der Waals surface area (Å²) < 4.78 is 252. The second-order valence-electron chi connectivity index (χ2n) is 10.3. The zero-order chi connectivity index (χ0) is 53.7. The first kappa shape index (κ1) is 10.6. The summed E-state index contributed by atoms with van der Waals surface area (Å²) in [6, 6.07) is -24.4. The van der Waals surface area contributed by atoms with E-state index in [1.165, 1.54) is 0 Å². The molecular formula is C45H28O. The number of ether oxygens (including phenoxy) is 1. The molecule has 0 saturated carbocycles. The van der Waals surface area contributed by atoms with E-state index in [2.05, 4.69) is 0 Å². The molecule has 1 heteroatoms. The summed E-state index contributed by atoms with van der Waals surface area (Å²) >= 11 is 0. The average Bonchev–Trinajstić information content (AvgIpc) is 3.67. The first-order valence-electron chi connectivity index (χ1n) is 27.2. The molecule has 0 N–H and O–H groups in total. The van der Waals surface area contributed by atoms with E-state index in [4.69, 9.17) is 25.3 Å². The third-order valence-corrected chi connectivity index (χ3v) is 8.03. The molecule has 1 heterocycles. The van der Waals surface area contributed by atoms with Crippen LogP contribution in [0, 0.1) is 0 Å². The van der Waals surface area contributed by atoms with Gasteiger partial charge >= 0.3 is 0 Å². The highest BCUT2D eigenvalue weighted by Crippen LogP contribution is 2.57. The van der Waals surface area contributed by atoms with Crippen LogP contribution in [0.15, 0.2) is 169 Å². The molecule has 0 bridgehead atoms. The Morgan fingerprint density at radius 1 is 0.413 bits per heavy atom. The highest BCUT2D eigenvalue weighted by molar-refractivity contribution is 6.04. The summed E-state index contributed by atoms with van der Waals surface area (Å²) in [5, 5.41) is -2.04. The fraction of sp³-hybridized carbons (Fsp3) is 0.0222. The van der Waals surface area contributed by atoms with Gasteiger partial charge in [-0.3, -0.25) is 0 Å². The van der Waals surface area contributed by atoms with Crippen molar-refractivity contribution in [2.45, 2.75) is 5.41 Å². The maximum Gasteiger partial charge on any atom is 0.135 e. The maximum absolute atomic E-state index is 10.3. The highest BCUT2D eigenvalue weighted by atomic mass is 16.5. The second-order valence-corrected chi connectivity index (χ2v) is 10.3. The lowest BCUT2D eigenvalue weighted by molar-refractivity contribution is 0.487. The van der Waals surface area contributed by atoms with E-state index in [1.54, 1.807) is 0 Å². The van der Waals surface area contributed by atoms with E-state index in [0.717, 1.165) is 6.07 Å². The van der Waals surface area contributed by atoms with E-state index in [-0.39, 0.29) is 5.39 Å². The van der Waals surface area contributed by atoms with E-state index in [1.807, 2.05) is 0 Å². The fourth-order valence-corrected chi connectivity index (χ4v) is 6.11. The molecule has 8 aromatic rings. The largest absolute Gasteiger partial charge is 0.456 e. The lowest BCUT2D eigenvalue weighted by Crippen LogP contribution is -2.28. The number of fused-ring (bicyclic) bond motifs is 6. The Morgan fingerprint density at radius 2 is 1.11 bits per heavy atom. The summed E-state index contributed by atoms with van der Waals surface area (Å²) in [5.74, 6) is -1.24. The molecule has 1 unspecified atom stereocenters. The molecule has 0 aromatic heterocycles. The first-order valence-corrected chi connectivity index (χ1v) is 13.7. The van der Waals surface area contributed by atoms with Crippen LogP contribution in [0.25, 0.3) is 54.9 Å². The Balaban J connectivity index is 1.49. The zero-order valence-electron chi connectivity index (χ0n) is 50.0. The average molecular weight is 612 g/mol. The number of benzene rings is 8. The minimum Gasteiger partial charge on any atom is -0.456 e. The summed E-state index contributed by atoms with van der Waals surface area (Å²) in [7, 11) is 0. The summed E-state index contributed by atoms with van der Waals surface area (Å²) in [5.41, 5.74) is -10.7. The van der Waals surface area contributed by atoms with Crippen molar-refractivity contribution in [3.8, 4) is 44.9 Å². The molecule has 214 valence electrons. The fourth-order valence-electron chi connectivity index (χ4n) is 6.11. The van der Waals surface area contributed by atoms with Gasteiger partial charge in [0.15, 0.2) is 0 Å². The van der Waals surface area contributed by atoms with E-state index < -0.39 is 252 Å². The standard InChI is InChI=1S/C45H28O/c1-2-14-34(15-3-1)45(35-23-20-29-10-4-5-11-31(29)26-35)40-18-7-6-16-36(40)37-24-21-33(28-41(37)45)32-22-25-42-39(27-32)38-17-8-12-30-13-9-19-43(46-42)44(30)38/h1-28H/i1D,2D,3D,4D,5D,6D,7D,8D,9D,10D,11D,12D,13D,14D,15D,16D,17D,18D,19D,20D,21D,22D,24D,25D,26D,27D,28D. The quantitative estimate of drug-likeness (QED) is 0.193. The van der Waals surface area contributed by atoms with E-state index >= 15 is 0 Å². The molecule has 0 amide bonds. The second kappa shape index (κ2) is 9.54. The van der Waals surface area contributed by atoms with Gasteiger partial charge in [-0.1, -0.05) is 139 Å². The molecule has 1 atom stereocenters. The van der Waals surface area contributed by atoms with Crippen molar-refractivity contribution in [2.24, 2.45) is 0 Å². The van der Waals surface area contributed by atoms with Crippen molar-refractivity contribution in [2.75, 3.05) is 0 Å². The molecule has 1 nitrogen and oxygen atoms in total. The van der Waals surface area contributed by atoms with Crippen LogP contribution in [0.2, 0.25) is 0 Å². The molecule has 46 heavy (non-hydrogen) atoms. The number of rotatable bonds is 3. The molecule has 0 saturated heterocycles. The summed E-state index contributed by atoms with van der Waals surface area (Å²) in [6.45, 7) is 0. The lowest BCUT2D eigenvalue weighted by atomic mass is 9.67. The minimum atomic E-state index is -3.11. The third-order valence-electron chi connectivity index (χ3n) is 8.03. The number of hydrogen-bond acceptors (Lipinski definition) is 1. The van der Waals surface area contributed by atoms with Crippen LogP contribution in [-0.4, -0.2) is 0 Å². The highest BCUT2D eigenvalue weighted by Gasteiger charge is 2.46. The molecule has 10 rings (SSSR count). The molecule has 2 aliphatic rings. The molecule has 0 radical (unpaired) electrons. The van der Waals surface area contributed by atoms with Crippen molar-refractivity contribution in [3.63, 3.8) is 0 Å². The zero-order valence-corrected chi connectivity index (χ0v) is 23.0. The van der Waals surface area contributed by atoms with Gasteiger partial charge in [0, 0.05) is 10.9 Å². The molecule has 1 aliphatic carbocycles. The van der Waals surface area contributed by atoms with E-state index in [0.29, 0.717) is 0 Å². The topological polar surface area (TPSA) is 9.23 Å². The van der Waals surface area contributed by atoms with Gasteiger partial charge in [-0.25, -0.2) is 0 Å². The van der Waals surface area contributed by atoms with Crippen molar-refractivity contribution >= 4 is 21.5 Å². The van der Waals surface area contributed by atoms with Crippen LogP contribution >= 0.6 is 0 Å². The first-order chi connectivity index (χ1) is 34.0. The van der Waals surface area contributed by atoms with Crippen LogP contribution in [0.3, 0.4) is 0 Å². The molecule has 0 spiro atoms. The van der Waals surface area contributed by atoms with Crippen LogP contribution in [-0.2, 0) is 5.41 Å². The molecule has 1 aliphatic heterocycles. The Bertz CT molecular complexity index is 4000. The summed E-state index contributed by atoms with van der Waals surface area (Å²) in [6.07, 6.45) is 0. The van der Waals surface area contributed by atoms with Crippen molar-refractivity contribution in [1.82, 2.24) is 0 Å². The van der Waals surface area contributed by atoms with Crippen LogP contribution in [0.1, 0.15) is 59.3 Å². The van der Waals surface area contributed by atoms with Gasteiger partial charge in [-0.15, -0.1) is 0 Å². The van der Waals surface area contributed by atoms with Gasteiger partial charge in [-0.2, -0.15) is 0 Å². The van der Waals surface area contributed by atoms with Crippen molar-refractivity contribution in [1.29, 1.82) is 0 Å². The number of hydrogen-bond donors (Lipinski definition) is 0. The van der Waals surface area contributed by atoms with Crippen LogP contribution in [0.4, 0.5) is 0 Å². The van der Waals surface area contributed by atoms with Gasteiger partial charge in [0.05, 0.1) is 42.4 Å². The van der Waals surface area contributed by atoms with Gasteiger partial charge < -0.3 is 4.74 Å². The van der Waals surface area contributed by atoms with E-state index in [9.17, 15) is 16.4 Å². The van der Waals surface area contributed by atoms with Crippen molar-refractivity contribution < 1.29 is 41.7 Å². The normalized spacial score (nSPS) is 23.9. The molecule has 8 aromatic carbocycles. The Morgan fingerprint density at radius 3 is 2.02 bits per heavy atom. The van der Waals surface area contributed by atoms with Crippen molar-refractivity contribution in [3.05, 3.63) is 191 Å². The van der Waals surface area contributed by atoms with Gasteiger partial charge in [0.2, 0.25) is 0 Å². The predicted molar refractivity (Wildman–Crippen MR) is 190 cm³/mol. The Kier molecular flexibility index (Phi) is 2.19. The summed E-state index contributed by atoms with van der Waals surface area (Å²) in [4.78, 5) is 0. The third kappa shape index (κ3) is 3.46. The minimum absolute atomic E-state index is 0.365. The lowest BCUT2D eigenvalue weighted by Gasteiger charge is -2.34. The Labute approximate surface area is 305 Å². The molecule has 0 fully saturated rings. The Hall–Kier alpha value is -5.92.